The van der Waals surface area contributed by atoms with Gasteiger partial charge < -0.3 is 9.84 Å². The molecule has 0 saturated carbocycles. The van der Waals surface area contributed by atoms with Crippen LogP contribution in [0.15, 0.2) is 22.7 Å². The monoisotopic (exact) mass is 300 g/mol. The minimum atomic E-state index is -1.26. The highest BCUT2D eigenvalue weighted by Gasteiger charge is 2.27. The zero-order valence-electron chi connectivity index (χ0n) is 10.3. The smallest absolute Gasteiger partial charge is 0.168 e. The van der Waals surface area contributed by atoms with E-state index in [1.165, 1.54) is 0 Å². The molecule has 1 N–H and O–H groups in total. The summed E-state index contributed by atoms with van der Waals surface area (Å²) in [7, 11) is 1.58. The number of ketones is 1. The van der Waals surface area contributed by atoms with E-state index in [4.69, 9.17) is 4.74 Å². The first-order valence-electron chi connectivity index (χ1n) is 5.48. The quantitative estimate of drug-likeness (QED) is 0.909. The zero-order valence-corrected chi connectivity index (χ0v) is 11.9. The molecule has 0 aliphatic rings. The summed E-state index contributed by atoms with van der Waals surface area (Å²) in [5, 5.41) is 9.87. The van der Waals surface area contributed by atoms with Crippen LogP contribution < -0.4 is 4.74 Å². The van der Waals surface area contributed by atoms with Gasteiger partial charge in [0.25, 0.3) is 0 Å². The van der Waals surface area contributed by atoms with Gasteiger partial charge in [-0.25, -0.2) is 0 Å². The third-order valence-corrected chi connectivity index (χ3v) is 3.67. The first kappa shape index (κ1) is 14.2. The average Bonchev–Trinajstić information content (AvgIpc) is 2.31. The molecule has 0 amide bonds. The molecule has 1 unspecified atom stereocenters. The number of carbonyl (C=O) groups is 1. The summed E-state index contributed by atoms with van der Waals surface area (Å²) < 4.78 is 5.95. The number of Topliss-reactive ketones (excluding diaryl/α,β-unsaturated/α-hetero) is 1. The molecule has 0 fully saturated rings. The summed E-state index contributed by atoms with van der Waals surface area (Å²) in [6.07, 6.45) is 0.603. The Kier molecular flexibility index (Phi) is 4.71. The van der Waals surface area contributed by atoms with Crippen molar-refractivity contribution < 1.29 is 14.6 Å². The van der Waals surface area contributed by atoms with Crippen LogP contribution in [-0.4, -0.2) is 23.6 Å². The van der Waals surface area contributed by atoms with Crippen LogP contribution in [0.3, 0.4) is 0 Å². The third-order valence-electron chi connectivity index (χ3n) is 2.89. The Bertz CT molecular complexity index is 413. The number of hydrogen-bond donors (Lipinski definition) is 1. The number of ether oxygens (including phenoxy) is 1. The summed E-state index contributed by atoms with van der Waals surface area (Å²) in [6, 6.07) is 5.45. The molecule has 94 valence electrons. The van der Waals surface area contributed by atoms with Crippen molar-refractivity contribution in [2.45, 2.75) is 32.3 Å². The molecule has 0 bridgehead atoms. The molecule has 0 saturated heterocycles. The fraction of sp³-hybridized carbons (Fsp3) is 0.462. The summed E-state index contributed by atoms with van der Waals surface area (Å²) in [5.74, 6) is 0.515. The van der Waals surface area contributed by atoms with E-state index in [1.54, 1.807) is 27.0 Å². The SMILES string of the molecule is CCC(C)(O)C(=O)Cc1cc(OC)ccc1Br. The van der Waals surface area contributed by atoms with Gasteiger partial charge in [-0.2, -0.15) is 0 Å². The first-order chi connectivity index (χ1) is 7.90. The number of benzene rings is 1. The minimum Gasteiger partial charge on any atom is -0.497 e. The van der Waals surface area contributed by atoms with Crippen LogP contribution in [0.25, 0.3) is 0 Å². The lowest BCUT2D eigenvalue weighted by molar-refractivity contribution is -0.135. The summed E-state index contributed by atoms with van der Waals surface area (Å²) >= 11 is 3.39. The van der Waals surface area contributed by atoms with Gasteiger partial charge in [0.05, 0.1) is 7.11 Å². The van der Waals surface area contributed by atoms with Crippen LogP contribution in [-0.2, 0) is 11.2 Å². The van der Waals surface area contributed by atoms with Crippen LogP contribution in [0, 0.1) is 0 Å². The fourth-order valence-corrected chi connectivity index (χ4v) is 1.76. The lowest BCUT2D eigenvalue weighted by atomic mass is 9.93. The van der Waals surface area contributed by atoms with E-state index < -0.39 is 5.60 Å². The number of rotatable bonds is 5. The normalized spacial score (nSPS) is 14.2. The van der Waals surface area contributed by atoms with E-state index in [2.05, 4.69) is 15.9 Å². The van der Waals surface area contributed by atoms with Gasteiger partial charge in [-0.15, -0.1) is 0 Å². The first-order valence-corrected chi connectivity index (χ1v) is 6.28. The zero-order chi connectivity index (χ0) is 13.1. The molecular formula is C13H17BrO3. The molecule has 1 aromatic rings. The van der Waals surface area contributed by atoms with Gasteiger partial charge in [0.15, 0.2) is 5.78 Å². The van der Waals surface area contributed by atoms with Crippen molar-refractivity contribution in [3.05, 3.63) is 28.2 Å². The van der Waals surface area contributed by atoms with E-state index in [9.17, 15) is 9.90 Å². The second kappa shape index (κ2) is 5.65. The standard InChI is InChI=1S/C13H17BrO3/c1-4-13(2,16)12(15)8-9-7-10(17-3)5-6-11(9)14/h5-7,16H,4,8H2,1-3H3. The van der Waals surface area contributed by atoms with Gasteiger partial charge in [-0.05, 0) is 37.1 Å². The van der Waals surface area contributed by atoms with Crippen molar-refractivity contribution in [3.8, 4) is 5.75 Å². The number of carbonyl (C=O) groups excluding carboxylic acids is 1. The maximum atomic E-state index is 11.9. The predicted octanol–water partition coefficient (Wildman–Crippen LogP) is 2.73. The lowest BCUT2D eigenvalue weighted by Crippen LogP contribution is -2.35. The van der Waals surface area contributed by atoms with E-state index in [-0.39, 0.29) is 12.2 Å². The largest absolute Gasteiger partial charge is 0.497 e. The molecule has 17 heavy (non-hydrogen) atoms. The highest BCUT2D eigenvalue weighted by atomic mass is 79.9. The van der Waals surface area contributed by atoms with Crippen LogP contribution in [0.5, 0.6) is 5.75 Å². The predicted molar refractivity (Wildman–Crippen MR) is 70.3 cm³/mol. The molecule has 0 aliphatic carbocycles. The van der Waals surface area contributed by atoms with Crippen LogP contribution in [0.1, 0.15) is 25.8 Å². The van der Waals surface area contributed by atoms with Crippen molar-refractivity contribution in [1.82, 2.24) is 0 Å². The van der Waals surface area contributed by atoms with Crippen molar-refractivity contribution in [3.63, 3.8) is 0 Å². The molecule has 0 aliphatic heterocycles. The van der Waals surface area contributed by atoms with Crippen LogP contribution in [0.4, 0.5) is 0 Å². The molecule has 1 rings (SSSR count). The molecule has 0 radical (unpaired) electrons. The van der Waals surface area contributed by atoms with Crippen LogP contribution in [0.2, 0.25) is 0 Å². The maximum Gasteiger partial charge on any atom is 0.168 e. The summed E-state index contributed by atoms with van der Waals surface area (Å²) in [5.41, 5.74) is -0.439. The molecule has 1 atom stereocenters. The van der Waals surface area contributed by atoms with Gasteiger partial charge in [0.1, 0.15) is 11.4 Å². The Labute approximate surface area is 110 Å². The lowest BCUT2D eigenvalue weighted by Gasteiger charge is -2.20. The highest BCUT2D eigenvalue weighted by Crippen LogP contribution is 2.24. The third kappa shape index (κ3) is 3.54. The highest BCUT2D eigenvalue weighted by molar-refractivity contribution is 9.10. The average molecular weight is 301 g/mol. The van der Waals surface area contributed by atoms with Crippen molar-refractivity contribution >= 4 is 21.7 Å². The van der Waals surface area contributed by atoms with Gasteiger partial charge in [0, 0.05) is 10.9 Å². The molecule has 0 heterocycles. The number of methoxy groups -OCH3 is 1. The van der Waals surface area contributed by atoms with Gasteiger partial charge in [-0.3, -0.25) is 4.79 Å². The molecular weight excluding hydrogens is 284 g/mol. The van der Waals surface area contributed by atoms with Crippen LogP contribution >= 0.6 is 15.9 Å². The Morgan fingerprint density at radius 2 is 2.18 bits per heavy atom. The number of halogens is 1. The summed E-state index contributed by atoms with van der Waals surface area (Å²) in [6.45, 7) is 3.34. The van der Waals surface area contributed by atoms with E-state index in [0.29, 0.717) is 12.2 Å². The van der Waals surface area contributed by atoms with Crippen molar-refractivity contribution in [1.29, 1.82) is 0 Å². The van der Waals surface area contributed by atoms with E-state index in [1.807, 2.05) is 12.1 Å². The van der Waals surface area contributed by atoms with Gasteiger partial charge >= 0.3 is 0 Å². The summed E-state index contributed by atoms with van der Waals surface area (Å²) in [4.78, 5) is 11.9. The Balaban J connectivity index is 2.91. The maximum absolute atomic E-state index is 11.9. The molecule has 0 aromatic heterocycles. The van der Waals surface area contributed by atoms with Gasteiger partial charge in [-0.1, -0.05) is 22.9 Å². The fourth-order valence-electron chi connectivity index (χ4n) is 1.37. The number of hydrogen-bond acceptors (Lipinski definition) is 3. The number of aliphatic hydroxyl groups is 1. The van der Waals surface area contributed by atoms with Crippen molar-refractivity contribution in [2.24, 2.45) is 0 Å². The second-order valence-corrected chi connectivity index (χ2v) is 5.04. The molecule has 1 aromatic carbocycles. The topological polar surface area (TPSA) is 46.5 Å². The Hall–Kier alpha value is -0.870. The van der Waals surface area contributed by atoms with E-state index in [0.717, 1.165) is 10.0 Å². The van der Waals surface area contributed by atoms with Gasteiger partial charge in [0.2, 0.25) is 0 Å². The minimum absolute atomic E-state index is 0.186. The van der Waals surface area contributed by atoms with E-state index >= 15 is 0 Å². The second-order valence-electron chi connectivity index (χ2n) is 4.18. The van der Waals surface area contributed by atoms with Crippen molar-refractivity contribution in [2.75, 3.05) is 7.11 Å². The molecule has 4 heteroatoms. The Morgan fingerprint density at radius 1 is 1.53 bits per heavy atom. The molecule has 3 nitrogen and oxygen atoms in total. The Morgan fingerprint density at radius 3 is 2.71 bits per heavy atom. The molecule has 0 spiro atoms.